The van der Waals surface area contributed by atoms with E-state index in [1.54, 1.807) is 0 Å². The molecule has 0 rings (SSSR count). The van der Waals surface area contributed by atoms with Crippen molar-refractivity contribution in [3.8, 4) is 0 Å². The van der Waals surface area contributed by atoms with Crippen molar-refractivity contribution in [3.63, 3.8) is 0 Å². The molecule has 0 aromatic carbocycles. The van der Waals surface area contributed by atoms with Crippen LogP contribution in [0, 0.1) is 11.3 Å². The summed E-state index contributed by atoms with van der Waals surface area (Å²) in [5.41, 5.74) is 6.15. The first-order valence-corrected chi connectivity index (χ1v) is 6.36. The molecule has 0 aliphatic rings. The van der Waals surface area contributed by atoms with E-state index >= 15 is 0 Å². The summed E-state index contributed by atoms with van der Waals surface area (Å²) in [6.45, 7) is 13.2. The molecule has 1 unspecified atom stereocenters. The van der Waals surface area contributed by atoms with Crippen LogP contribution in [0.4, 0.5) is 0 Å². The summed E-state index contributed by atoms with van der Waals surface area (Å²) in [4.78, 5) is 0. The largest absolute Gasteiger partial charge is 0.329 e. The first-order valence-electron chi connectivity index (χ1n) is 6.36. The van der Waals surface area contributed by atoms with Crippen LogP contribution >= 0.6 is 0 Å². The van der Waals surface area contributed by atoms with E-state index in [9.17, 15) is 0 Å². The predicted molar refractivity (Wildman–Crippen MR) is 69.0 cm³/mol. The third kappa shape index (κ3) is 7.80. The second-order valence-corrected chi connectivity index (χ2v) is 5.79. The molecule has 0 bridgehead atoms. The first-order chi connectivity index (χ1) is 6.92. The van der Waals surface area contributed by atoms with Gasteiger partial charge in [-0.15, -0.1) is 0 Å². The van der Waals surface area contributed by atoms with Crippen molar-refractivity contribution in [3.05, 3.63) is 0 Å². The van der Waals surface area contributed by atoms with E-state index in [2.05, 4.69) is 39.9 Å². The molecular weight excluding hydrogens is 184 g/mol. The molecule has 0 aromatic rings. The Balaban J connectivity index is 3.89. The van der Waals surface area contributed by atoms with Crippen molar-refractivity contribution in [2.24, 2.45) is 17.1 Å². The lowest BCUT2D eigenvalue weighted by Crippen LogP contribution is -2.41. The summed E-state index contributed by atoms with van der Waals surface area (Å²) < 4.78 is 0. The molecule has 1 atom stereocenters. The smallest absolute Gasteiger partial charge is 0.0195 e. The first kappa shape index (κ1) is 14.9. The van der Waals surface area contributed by atoms with Gasteiger partial charge in [-0.1, -0.05) is 47.5 Å². The average Bonchev–Trinajstić information content (AvgIpc) is 2.15. The number of hydrogen-bond acceptors (Lipinski definition) is 2. The van der Waals surface area contributed by atoms with E-state index in [0.717, 1.165) is 25.4 Å². The normalized spacial score (nSPS) is 14.6. The van der Waals surface area contributed by atoms with E-state index in [1.807, 2.05) is 0 Å². The Morgan fingerprint density at radius 1 is 1.13 bits per heavy atom. The molecule has 0 aliphatic carbocycles. The fourth-order valence-corrected chi connectivity index (χ4v) is 1.89. The summed E-state index contributed by atoms with van der Waals surface area (Å²) in [5, 5.41) is 3.60. The maximum atomic E-state index is 5.79. The van der Waals surface area contributed by atoms with Gasteiger partial charge in [0.15, 0.2) is 0 Å². The molecular formula is C13H30N2. The van der Waals surface area contributed by atoms with Crippen LogP contribution < -0.4 is 11.1 Å². The topological polar surface area (TPSA) is 38.0 Å². The third-order valence-electron chi connectivity index (χ3n) is 2.99. The van der Waals surface area contributed by atoms with Gasteiger partial charge in [0.2, 0.25) is 0 Å². The van der Waals surface area contributed by atoms with Crippen LogP contribution in [0.25, 0.3) is 0 Å². The summed E-state index contributed by atoms with van der Waals surface area (Å²) in [6, 6.07) is 0.477. The van der Waals surface area contributed by atoms with Crippen LogP contribution in [0.5, 0.6) is 0 Å². The molecule has 0 amide bonds. The molecule has 0 aliphatic heterocycles. The lowest BCUT2D eigenvalue weighted by Gasteiger charge is -2.27. The van der Waals surface area contributed by atoms with Crippen LogP contribution in [-0.4, -0.2) is 19.1 Å². The molecule has 0 aromatic heterocycles. The Morgan fingerprint density at radius 2 is 1.67 bits per heavy atom. The summed E-state index contributed by atoms with van der Waals surface area (Å²) in [7, 11) is 0. The van der Waals surface area contributed by atoms with Gasteiger partial charge in [0, 0.05) is 12.6 Å². The monoisotopic (exact) mass is 214 g/mol. The minimum Gasteiger partial charge on any atom is -0.329 e. The van der Waals surface area contributed by atoms with E-state index < -0.39 is 0 Å². The fraction of sp³-hybridized carbons (Fsp3) is 1.00. The van der Waals surface area contributed by atoms with E-state index in [4.69, 9.17) is 5.73 Å². The summed E-state index contributed by atoms with van der Waals surface area (Å²) >= 11 is 0. The van der Waals surface area contributed by atoms with Gasteiger partial charge in [0.1, 0.15) is 0 Å². The highest BCUT2D eigenvalue weighted by atomic mass is 14.9. The van der Waals surface area contributed by atoms with Crippen LogP contribution in [0.3, 0.4) is 0 Å². The average molecular weight is 214 g/mol. The van der Waals surface area contributed by atoms with Gasteiger partial charge in [0.25, 0.3) is 0 Å². The van der Waals surface area contributed by atoms with Crippen molar-refractivity contribution < 1.29 is 0 Å². The number of nitrogens with one attached hydrogen (secondary N) is 1. The van der Waals surface area contributed by atoms with E-state index in [1.165, 1.54) is 12.8 Å². The molecule has 15 heavy (non-hydrogen) atoms. The highest BCUT2D eigenvalue weighted by Crippen LogP contribution is 2.20. The Morgan fingerprint density at radius 3 is 2.00 bits per heavy atom. The second kappa shape index (κ2) is 7.24. The molecule has 0 heterocycles. The molecule has 2 nitrogen and oxygen atoms in total. The van der Waals surface area contributed by atoms with Gasteiger partial charge < -0.3 is 11.1 Å². The highest BCUT2D eigenvalue weighted by molar-refractivity contribution is 4.76. The van der Waals surface area contributed by atoms with Crippen LogP contribution in [0.15, 0.2) is 0 Å². The molecule has 92 valence electrons. The molecule has 0 saturated heterocycles. The fourth-order valence-electron chi connectivity index (χ4n) is 1.89. The second-order valence-electron chi connectivity index (χ2n) is 5.79. The van der Waals surface area contributed by atoms with Crippen molar-refractivity contribution in [2.75, 3.05) is 13.1 Å². The van der Waals surface area contributed by atoms with Crippen LogP contribution in [0.1, 0.15) is 53.9 Å². The molecule has 3 N–H and O–H groups in total. The van der Waals surface area contributed by atoms with Crippen molar-refractivity contribution in [1.82, 2.24) is 5.32 Å². The Bertz CT molecular complexity index is 145. The van der Waals surface area contributed by atoms with Gasteiger partial charge >= 0.3 is 0 Å². The molecule has 0 fully saturated rings. The predicted octanol–water partition coefficient (Wildman–Crippen LogP) is 2.78. The van der Waals surface area contributed by atoms with E-state index in [0.29, 0.717) is 11.5 Å². The van der Waals surface area contributed by atoms with Crippen molar-refractivity contribution in [2.45, 2.75) is 59.9 Å². The number of hydrogen-bond donors (Lipinski definition) is 2. The standard InChI is InChI=1S/C13H30N2/c1-6-11(7-2)10-15-12(9-14)8-13(3,4)5/h11-12,15H,6-10,14H2,1-5H3. The van der Waals surface area contributed by atoms with Gasteiger partial charge in [-0.2, -0.15) is 0 Å². The molecule has 0 spiro atoms. The number of nitrogens with two attached hydrogens (primary N) is 1. The molecule has 0 radical (unpaired) electrons. The maximum absolute atomic E-state index is 5.79. The Kier molecular flexibility index (Phi) is 7.20. The minimum atomic E-state index is 0.366. The Labute approximate surface area is 96.0 Å². The Hall–Kier alpha value is -0.0800. The van der Waals surface area contributed by atoms with Crippen molar-refractivity contribution in [1.29, 1.82) is 0 Å². The number of rotatable bonds is 7. The zero-order valence-electron chi connectivity index (χ0n) is 11.3. The zero-order chi connectivity index (χ0) is 11.9. The van der Waals surface area contributed by atoms with Gasteiger partial charge in [-0.3, -0.25) is 0 Å². The van der Waals surface area contributed by atoms with Gasteiger partial charge in [-0.05, 0) is 24.3 Å². The van der Waals surface area contributed by atoms with Gasteiger partial charge in [0.05, 0.1) is 0 Å². The zero-order valence-corrected chi connectivity index (χ0v) is 11.3. The lowest BCUT2D eigenvalue weighted by atomic mass is 9.88. The van der Waals surface area contributed by atoms with Crippen LogP contribution in [0.2, 0.25) is 0 Å². The summed E-state index contributed by atoms with van der Waals surface area (Å²) in [6.07, 6.45) is 3.68. The SMILES string of the molecule is CCC(CC)CNC(CN)CC(C)(C)C. The van der Waals surface area contributed by atoms with Gasteiger partial charge in [-0.25, -0.2) is 0 Å². The summed E-state index contributed by atoms with van der Waals surface area (Å²) in [5.74, 6) is 0.805. The molecule has 2 heteroatoms. The quantitative estimate of drug-likeness (QED) is 0.684. The van der Waals surface area contributed by atoms with Crippen LogP contribution in [-0.2, 0) is 0 Å². The lowest BCUT2D eigenvalue weighted by molar-refractivity contribution is 0.297. The highest BCUT2D eigenvalue weighted by Gasteiger charge is 2.17. The minimum absolute atomic E-state index is 0.366. The van der Waals surface area contributed by atoms with E-state index in [-0.39, 0.29) is 0 Å². The third-order valence-corrected chi connectivity index (χ3v) is 2.99. The van der Waals surface area contributed by atoms with Crippen molar-refractivity contribution >= 4 is 0 Å². The maximum Gasteiger partial charge on any atom is 0.0195 e. The molecule has 0 saturated carbocycles.